The molecule has 0 saturated carbocycles. The Hall–Kier alpha value is -1.04. The lowest BCUT2D eigenvalue weighted by molar-refractivity contribution is -0.140. The Morgan fingerprint density at radius 1 is 1.54 bits per heavy atom. The van der Waals surface area contributed by atoms with Crippen molar-refractivity contribution < 1.29 is 13.2 Å². The lowest BCUT2D eigenvalue weighted by atomic mass is 10.5. The molecule has 0 fully saturated rings. The Bertz CT molecular complexity index is 266. The smallest absolute Gasteiger partial charge is 0.328 e. The maximum atomic E-state index is 11.9. The van der Waals surface area contributed by atoms with Gasteiger partial charge in [0.25, 0.3) is 0 Å². The summed E-state index contributed by atoms with van der Waals surface area (Å²) in [5.41, 5.74) is 0.603. The van der Waals surface area contributed by atoms with Gasteiger partial charge in [-0.25, -0.2) is 4.98 Å². The van der Waals surface area contributed by atoms with Gasteiger partial charge in [0.15, 0.2) is 0 Å². The van der Waals surface area contributed by atoms with Gasteiger partial charge in [-0.05, 0) is 7.05 Å². The molecular formula is C7H10F3N3. The second kappa shape index (κ2) is 3.78. The van der Waals surface area contributed by atoms with Crippen LogP contribution >= 0.6 is 0 Å². The molecule has 1 aromatic rings. The summed E-state index contributed by atoms with van der Waals surface area (Å²) < 4.78 is 36.6. The SMILES string of the molecule is CNCc1cn(CC(F)(F)F)cn1. The van der Waals surface area contributed by atoms with Crippen molar-refractivity contribution in [3.8, 4) is 0 Å². The van der Waals surface area contributed by atoms with Crippen molar-refractivity contribution in [2.24, 2.45) is 0 Å². The van der Waals surface area contributed by atoms with Crippen molar-refractivity contribution in [2.45, 2.75) is 19.3 Å². The summed E-state index contributed by atoms with van der Waals surface area (Å²) in [7, 11) is 1.71. The van der Waals surface area contributed by atoms with Crippen LogP contribution in [0.25, 0.3) is 0 Å². The van der Waals surface area contributed by atoms with Crippen LogP contribution in [0.1, 0.15) is 5.69 Å². The molecule has 0 amide bonds. The molecule has 0 aliphatic rings. The van der Waals surface area contributed by atoms with E-state index >= 15 is 0 Å². The highest BCUT2D eigenvalue weighted by atomic mass is 19.4. The number of imidazole rings is 1. The Morgan fingerprint density at radius 2 is 2.23 bits per heavy atom. The van der Waals surface area contributed by atoms with Gasteiger partial charge in [-0.1, -0.05) is 0 Å². The second-order valence-electron chi connectivity index (χ2n) is 2.68. The van der Waals surface area contributed by atoms with Crippen LogP contribution in [0.15, 0.2) is 12.5 Å². The maximum Gasteiger partial charge on any atom is 0.406 e. The molecular weight excluding hydrogens is 183 g/mol. The number of nitrogens with zero attached hydrogens (tertiary/aromatic N) is 2. The van der Waals surface area contributed by atoms with Gasteiger partial charge in [0.1, 0.15) is 6.54 Å². The third-order valence-electron chi connectivity index (χ3n) is 1.41. The third kappa shape index (κ3) is 3.45. The molecule has 0 aromatic carbocycles. The first kappa shape index (κ1) is 10.0. The number of rotatable bonds is 3. The van der Waals surface area contributed by atoms with Gasteiger partial charge < -0.3 is 9.88 Å². The van der Waals surface area contributed by atoms with Gasteiger partial charge in [0.05, 0.1) is 12.0 Å². The first-order valence-corrected chi connectivity index (χ1v) is 3.73. The predicted molar refractivity (Wildman–Crippen MR) is 41.0 cm³/mol. The van der Waals surface area contributed by atoms with Crippen molar-refractivity contribution in [1.29, 1.82) is 0 Å². The molecule has 0 unspecified atom stereocenters. The van der Waals surface area contributed by atoms with E-state index in [0.717, 1.165) is 4.57 Å². The van der Waals surface area contributed by atoms with Crippen molar-refractivity contribution in [3.05, 3.63) is 18.2 Å². The molecule has 0 atom stereocenters. The molecule has 1 aromatic heterocycles. The molecule has 1 heterocycles. The van der Waals surface area contributed by atoms with Gasteiger partial charge in [-0.15, -0.1) is 0 Å². The zero-order valence-electron chi connectivity index (χ0n) is 7.10. The van der Waals surface area contributed by atoms with Gasteiger partial charge >= 0.3 is 6.18 Å². The number of halogens is 3. The highest BCUT2D eigenvalue weighted by Gasteiger charge is 2.27. The van der Waals surface area contributed by atoms with Crippen molar-refractivity contribution in [1.82, 2.24) is 14.9 Å². The average Bonchev–Trinajstić information content (AvgIpc) is 2.33. The fourth-order valence-corrected chi connectivity index (χ4v) is 0.972. The van der Waals surface area contributed by atoms with E-state index in [-0.39, 0.29) is 0 Å². The number of alkyl halides is 3. The summed E-state index contributed by atoms with van der Waals surface area (Å²) in [6.45, 7) is -0.505. The van der Waals surface area contributed by atoms with E-state index in [4.69, 9.17) is 0 Å². The molecule has 0 aliphatic carbocycles. The zero-order chi connectivity index (χ0) is 9.90. The third-order valence-corrected chi connectivity index (χ3v) is 1.41. The second-order valence-corrected chi connectivity index (χ2v) is 2.68. The summed E-state index contributed by atoms with van der Waals surface area (Å²) in [6.07, 6.45) is -1.62. The van der Waals surface area contributed by atoms with Gasteiger partial charge in [0, 0.05) is 12.7 Å². The van der Waals surface area contributed by atoms with E-state index in [9.17, 15) is 13.2 Å². The Balaban J connectivity index is 2.59. The topological polar surface area (TPSA) is 29.9 Å². The van der Waals surface area contributed by atoms with Gasteiger partial charge in [-0.2, -0.15) is 13.2 Å². The monoisotopic (exact) mass is 193 g/mol. The Labute approximate surface area is 73.6 Å². The Kier molecular flexibility index (Phi) is 2.92. The first-order chi connectivity index (χ1) is 6.01. The van der Waals surface area contributed by atoms with Crippen LogP contribution in [-0.4, -0.2) is 22.8 Å². The van der Waals surface area contributed by atoms with Gasteiger partial charge in [-0.3, -0.25) is 0 Å². The minimum absolute atomic E-state index is 0.477. The van der Waals surface area contributed by atoms with Crippen LogP contribution in [0.2, 0.25) is 0 Å². The molecule has 0 radical (unpaired) electrons. The fourth-order valence-electron chi connectivity index (χ4n) is 0.972. The van der Waals surface area contributed by atoms with Crippen molar-refractivity contribution in [2.75, 3.05) is 7.05 Å². The molecule has 6 heteroatoms. The molecule has 0 spiro atoms. The fraction of sp³-hybridized carbons (Fsp3) is 0.571. The highest BCUT2D eigenvalue weighted by molar-refractivity contribution is 4.96. The van der Waals surface area contributed by atoms with Crippen molar-refractivity contribution >= 4 is 0 Å². The summed E-state index contributed by atoms with van der Waals surface area (Å²) in [4.78, 5) is 3.79. The summed E-state index contributed by atoms with van der Waals surface area (Å²) >= 11 is 0. The van der Waals surface area contributed by atoms with Crippen LogP contribution in [0, 0.1) is 0 Å². The normalized spacial score (nSPS) is 12.0. The highest BCUT2D eigenvalue weighted by Crippen LogP contribution is 2.17. The molecule has 1 rings (SSSR count). The largest absolute Gasteiger partial charge is 0.406 e. The van der Waals surface area contributed by atoms with Crippen LogP contribution in [0.4, 0.5) is 13.2 Å². The first-order valence-electron chi connectivity index (χ1n) is 3.73. The van der Waals surface area contributed by atoms with E-state index in [1.54, 1.807) is 7.05 Å². The van der Waals surface area contributed by atoms with Crippen molar-refractivity contribution in [3.63, 3.8) is 0 Å². The van der Waals surface area contributed by atoms with Gasteiger partial charge in [0.2, 0.25) is 0 Å². The maximum absolute atomic E-state index is 11.9. The average molecular weight is 193 g/mol. The summed E-state index contributed by atoms with van der Waals surface area (Å²) in [5.74, 6) is 0. The predicted octanol–water partition coefficient (Wildman–Crippen LogP) is 1.16. The van der Waals surface area contributed by atoms with E-state index in [2.05, 4.69) is 10.3 Å². The van der Waals surface area contributed by atoms with E-state index in [0.29, 0.717) is 12.2 Å². The molecule has 74 valence electrons. The van der Waals surface area contributed by atoms with E-state index < -0.39 is 12.7 Å². The number of nitrogens with one attached hydrogen (secondary N) is 1. The standard InChI is InChI=1S/C7H10F3N3/c1-11-2-6-3-13(5-12-6)4-7(8,9)10/h3,5,11H,2,4H2,1H3. The molecule has 0 bridgehead atoms. The Morgan fingerprint density at radius 3 is 2.77 bits per heavy atom. The van der Waals surface area contributed by atoms with Crippen LogP contribution in [0.3, 0.4) is 0 Å². The quantitative estimate of drug-likeness (QED) is 0.780. The molecule has 0 saturated heterocycles. The van der Waals surface area contributed by atoms with Crippen LogP contribution < -0.4 is 5.32 Å². The number of hydrogen-bond donors (Lipinski definition) is 1. The van der Waals surface area contributed by atoms with E-state index in [1.807, 2.05) is 0 Å². The molecule has 13 heavy (non-hydrogen) atoms. The number of aromatic nitrogens is 2. The summed E-state index contributed by atoms with van der Waals surface area (Å²) in [6, 6.07) is 0. The minimum Gasteiger partial charge on any atom is -0.328 e. The molecule has 3 nitrogen and oxygen atoms in total. The summed E-state index contributed by atoms with van der Waals surface area (Å²) in [5, 5.41) is 2.80. The van der Waals surface area contributed by atoms with E-state index in [1.165, 1.54) is 12.5 Å². The lowest BCUT2D eigenvalue weighted by Gasteiger charge is -2.05. The van der Waals surface area contributed by atoms with Crippen LogP contribution in [0.5, 0.6) is 0 Å². The minimum atomic E-state index is -4.18. The number of hydrogen-bond acceptors (Lipinski definition) is 2. The molecule has 0 aliphatic heterocycles. The van der Waals surface area contributed by atoms with Crippen LogP contribution in [-0.2, 0) is 13.1 Å². The zero-order valence-corrected chi connectivity index (χ0v) is 7.10. The lowest BCUT2D eigenvalue weighted by Crippen LogP contribution is -2.16. The molecule has 1 N–H and O–H groups in total.